The summed E-state index contributed by atoms with van der Waals surface area (Å²) >= 11 is 1.58. The Bertz CT molecular complexity index is 567. The lowest BCUT2D eigenvalue weighted by molar-refractivity contribution is -0.144. The van der Waals surface area contributed by atoms with Gasteiger partial charge in [0.25, 0.3) is 0 Å². The highest BCUT2D eigenvalue weighted by atomic mass is 32.1. The second-order valence-electron chi connectivity index (χ2n) is 3.53. The molecule has 0 bridgehead atoms. The van der Waals surface area contributed by atoms with Crippen LogP contribution in [0.15, 0.2) is 41.2 Å². The number of aromatic nitrogens is 1. The van der Waals surface area contributed by atoms with Gasteiger partial charge in [0.2, 0.25) is 6.10 Å². The standard InChI is InChI=1S/C14H11NO2S/c1-11(16)17-14(13-4-2-3-8-15-13)6-5-12-7-9-18-10-12/h2-4,7-10,14H,1H3. The van der Waals surface area contributed by atoms with Gasteiger partial charge in [0.15, 0.2) is 0 Å². The zero-order valence-electron chi connectivity index (χ0n) is 9.79. The molecule has 0 saturated heterocycles. The molecular weight excluding hydrogens is 246 g/mol. The van der Waals surface area contributed by atoms with Crippen LogP contribution in [0.25, 0.3) is 0 Å². The van der Waals surface area contributed by atoms with Crippen molar-refractivity contribution in [3.8, 4) is 11.8 Å². The smallest absolute Gasteiger partial charge is 0.304 e. The number of ether oxygens (including phenoxy) is 1. The summed E-state index contributed by atoms with van der Waals surface area (Å²) < 4.78 is 5.16. The third-order valence-electron chi connectivity index (χ3n) is 2.11. The van der Waals surface area contributed by atoms with Crippen LogP contribution in [0, 0.1) is 11.8 Å². The van der Waals surface area contributed by atoms with Gasteiger partial charge in [0, 0.05) is 24.1 Å². The van der Waals surface area contributed by atoms with E-state index in [9.17, 15) is 4.79 Å². The van der Waals surface area contributed by atoms with Gasteiger partial charge in [-0.15, -0.1) is 0 Å². The van der Waals surface area contributed by atoms with Crippen molar-refractivity contribution in [1.82, 2.24) is 4.98 Å². The predicted octanol–water partition coefficient (Wildman–Crippen LogP) is 2.80. The van der Waals surface area contributed by atoms with Crippen molar-refractivity contribution >= 4 is 17.3 Å². The molecule has 90 valence electrons. The Morgan fingerprint density at radius 3 is 2.94 bits per heavy atom. The first kappa shape index (κ1) is 12.3. The molecule has 2 aromatic heterocycles. The first-order valence-electron chi connectivity index (χ1n) is 5.37. The summed E-state index contributed by atoms with van der Waals surface area (Å²) in [5.74, 6) is 5.52. The van der Waals surface area contributed by atoms with Crippen LogP contribution in [-0.4, -0.2) is 11.0 Å². The van der Waals surface area contributed by atoms with Crippen molar-refractivity contribution in [2.45, 2.75) is 13.0 Å². The molecule has 2 heterocycles. The topological polar surface area (TPSA) is 39.2 Å². The first-order chi connectivity index (χ1) is 8.75. The lowest BCUT2D eigenvalue weighted by Gasteiger charge is -2.09. The SMILES string of the molecule is CC(=O)OC(C#Cc1ccsc1)c1ccccn1. The van der Waals surface area contributed by atoms with Crippen molar-refractivity contribution in [2.24, 2.45) is 0 Å². The molecule has 0 saturated carbocycles. The number of esters is 1. The number of hydrogen-bond acceptors (Lipinski definition) is 4. The van der Waals surface area contributed by atoms with Crippen LogP contribution < -0.4 is 0 Å². The van der Waals surface area contributed by atoms with E-state index in [-0.39, 0.29) is 5.97 Å². The van der Waals surface area contributed by atoms with E-state index in [2.05, 4.69) is 16.8 Å². The normalized spacial score (nSPS) is 11.2. The Hall–Kier alpha value is -2.12. The van der Waals surface area contributed by atoms with E-state index in [0.29, 0.717) is 5.69 Å². The summed E-state index contributed by atoms with van der Waals surface area (Å²) in [6, 6.07) is 7.35. The zero-order chi connectivity index (χ0) is 12.8. The maximum absolute atomic E-state index is 11.1. The molecule has 0 fully saturated rings. The number of rotatable bonds is 2. The largest absolute Gasteiger partial charge is 0.443 e. The molecule has 0 aromatic carbocycles. The molecule has 0 amide bonds. The number of carbonyl (C=O) groups excluding carboxylic acids is 1. The van der Waals surface area contributed by atoms with Crippen molar-refractivity contribution in [1.29, 1.82) is 0 Å². The van der Waals surface area contributed by atoms with E-state index in [1.807, 2.05) is 22.9 Å². The van der Waals surface area contributed by atoms with E-state index >= 15 is 0 Å². The lowest BCUT2D eigenvalue weighted by Crippen LogP contribution is -2.08. The monoisotopic (exact) mass is 257 g/mol. The van der Waals surface area contributed by atoms with E-state index in [0.717, 1.165) is 5.56 Å². The number of nitrogens with zero attached hydrogens (tertiary/aromatic N) is 1. The van der Waals surface area contributed by atoms with Crippen LogP contribution in [0.3, 0.4) is 0 Å². The summed E-state index contributed by atoms with van der Waals surface area (Å²) in [7, 11) is 0. The van der Waals surface area contributed by atoms with Crippen LogP contribution in [-0.2, 0) is 9.53 Å². The molecule has 0 N–H and O–H groups in total. The average Bonchev–Trinajstić information content (AvgIpc) is 2.88. The van der Waals surface area contributed by atoms with Gasteiger partial charge in [0.1, 0.15) is 0 Å². The van der Waals surface area contributed by atoms with Gasteiger partial charge in [-0.1, -0.05) is 12.0 Å². The van der Waals surface area contributed by atoms with Crippen molar-refractivity contribution in [3.63, 3.8) is 0 Å². The molecule has 2 rings (SSSR count). The number of hydrogen-bond donors (Lipinski definition) is 0. The highest BCUT2D eigenvalue weighted by molar-refractivity contribution is 7.08. The molecule has 2 aromatic rings. The molecule has 1 unspecified atom stereocenters. The van der Waals surface area contributed by atoms with E-state index in [1.165, 1.54) is 6.92 Å². The lowest BCUT2D eigenvalue weighted by atomic mass is 10.2. The molecule has 0 radical (unpaired) electrons. The summed E-state index contributed by atoms with van der Waals surface area (Å²) in [6.07, 6.45) is 1.03. The fourth-order valence-corrected chi connectivity index (χ4v) is 1.93. The molecule has 1 atom stereocenters. The van der Waals surface area contributed by atoms with Crippen molar-refractivity contribution < 1.29 is 9.53 Å². The predicted molar refractivity (Wildman–Crippen MR) is 69.9 cm³/mol. The Balaban J connectivity index is 2.23. The number of pyridine rings is 1. The highest BCUT2D eigenvalue weighted by Gasteiger charge is 2.12. The Morgan fingerprint density at radius 2 is 2.33 bits per heavy atom. The Labute approximate surface area is 109 Å². The molecule has 0 aliphatic heterocycles. The number of thiophene rings is 1. The second kappa shape index (κ2) is 5.99. The maximum atomic E-state index is 11.1. The highest BCUT2D eigenvalue weighted by Crippen LogP contribution is 2.14. The summed E-state index contributed by atoms with van der Waals surface area (Å²) in [5, 5.41) is 3.89. The van der Waals surface area contributed by atoms with Crippen LogP contribution in [0.4, 0.5) is 0 Å². The van der Waals surface area contributed by atoms with E-state index < -0.39 is 6.10 Å². The van der Waals surface area contributed by atoms with Crippen molar-refractivity contribution in [3.05, 3.63) is 52.5 Å². The second-order valence-corrected chi connectivity index (χ2v) is 4.31. The minimum absolute atomic E-state index is 0.370. The Kier molecular flexibility index (Phi) is 4.11. The molecular formula is C14H11NO2S. The van der Waals surface area contributed by atoms with Gasteiger partial charge in [0.05, 0.1) is 5.69 Å². The molecule has 0 aliphatic rings. The van der Waals surface area contributed by atoms with Gasteiger partial charge in [-0.2, -0.15) is 11.3 Å². The fraction of sp³-hybridized carbons (Fsp3) is 0.143. The fourth-order valence-electron chi connectivity index (χ4n) is 1.35. The minimum atomic E-state index is -0.622. The number of carbonyl (C=O) groups is 1. The van der Waals surface area contributed by atoms with Gasteiger partial charge >= 0.3 is 5.97 Å². The molecule has 3 nitrogen and oxygen atoms in total. The quantitative estimate of drug-likeness (QED) is 0.613. The average molecular weight is 257 g/mol. The third-order valence-corrected chi connectivity index (χ3v) is 2.79. The van der Waals surface area contributed by atoms with Gasteiger partial charge in [-0.25, -0.2) is 0 Å². The third kappa shape index (κ3) is 3.44. The van der Waals surface area contributed by atoms with Crippen molar-refractivity contribution in [2.75, 3.05) is 0 Å². The van der Waals surface area contributed by atoms with Crippen LogP contribution in [0.1, 0.15) is 24.3 Å². The zero-order valence-corrected chi connectivity index (χ0v) is 10.6. The molecule has 0 spiro atoms. The van der Waals surface area contributed by atoms with Gasteiger partial charge in [-0.3, -0.25) is 9.78 Å². The first-order valence-corrected chi connectivity index (χ1v) is 6.32. The van der Waals surface area contributed by atoms with Crippen LogP contribution in [0.2, 0.25) is 0 Å². The van der Waals surface area contributed by atoms with Gasteiger partial charge in [-0.05, 0) is 29.5 Å². The summed E-state index contributed by atoms with van der Waals surface area (Å²) in [4.78, 5) is 15.2. The summed E-state index contributed by atoms with van der Waals surface area (Å²) in [6.45, 7) is 1.36. The Morgan fingerprint density at radius 1 is 1.44 bits per heavy atom. The molecule has 0 aliphatic carbocycles. The minimum Gasteiger partial charge on any atom is -0.443 e. The molecule has 4 heteroatoms. The van der Waals surface area contributed by atoms with E-state index in [1.54, 1.807) is 29.7 Å². The molecule has 18 heavy (non-hydrogen) atoms. The van der Waals surface area contributed by atoms with Crippen LogP contribution in [0.5, 0.6) is 0 Å². The summed E-state index contributed by atoms with van der Waals surface area (Å²) in [5.41, 5.74) is 1.54. The van der Waals surface area contributed by atoms with Gasteiger partial charge < -0.3 is 4.74 Å². The van der Waals surface area contributed by atoms with E-state index in [4.69, 9.17) is 4.74 Å². The maximum Gasteiger partial charge on any atom is 0.304 e. The van der Waals surface area contributed by atoms with Crippen LogP contribution >= 0.6 is 11.3 Å².